The number of nitrogens with zero attached hydrogens (tertiary/aromatic N) is 1. The lowest BCUT2D eigenvalue weighted by Crippen LogP contribution is -2.22. The summed E-state index contributed by atoms with van der Waals surface area (Å²) in [4.78, 5) is 4.30. The summed E-state index contributed by atoms with van der Waals surface area (Å²) in [6, 6.07) is 8.20. The number of benzene rings is 1. The third-order valence-corrected chi connectivity index (χ3v) is 3.37. The topological polar surface area (TPSA) is 67.8 Å². The highest BCUT2D eigenvalue weighted by Gasteiger charge is 2.09. The first-order valence-electron chi connectivity index (χ1n) is 6.04. The van der Waals surface area contributed by atoms with Crippen LogP contribution in [0.4, 0.5) is 0 Å². The van der Waals surface area contributed by atoms with Gasteiger partial charge in [0.1, 0.15) is 0 Å². The van der Waals surface area contributed by atoms with Crippen LogP contribution in [0.15, 0.2) is 38.5 Å². The Morgan fingerprint density at radius 2 is 2.11 bits per heavy atom. The summed E-state index contributed by atoms with van der Waals surface area (Å²) in [6.45, 7) is 4.85. The Kier molecular flexibility index (Phi) is 7.04. The summed E-state index contributed by atoms with van der Waals surface area (Å²) < 4.78 is 5.69. The van der Waals surface area contributed by atoms with E-state index in [1.54, 1.807) is 13.1 Å². The lowest BCUT2D eigenvalue weighted by Gasteiger charge is -2.11. The van der Waals surface area contributed by atoms with E-state index in [4.69, 9.17) is 10.5 Å². The minimum Gasteiger partial charge on any atom is -0.397 e. The Hall–Kier alpha value is -0.920. The van der Waals surface area contributed by atoms with Crippen LogP contribution in [0.3, 0.4) is 0 Å². The molecule has 0 fully saturated rings. The molecule has 0 aliphatic heterocycles. The molecule has 0 spiro atoms. The van der Waals surface area contributed by atoms with Gasteiger partial charge in [0.25, 0.3) is 0 Å². The minimum absolute atomic E-state index is 0.287. The summed E-state index contributed by atoms with van der Waals surface area (Å²) in [5.41, 5.74) is 8.40. The number of aliphatic hydroxyl groups is 1. The van der Waals surface area contributed by atoms with Crippen LogP contribution >= 0.6 is 22.6 Å². The molecule has 104 valence electrons. The number of hydrogen-bond acceptors (Lipinski definition) is 4. The second-order valence-electron chi connectivity index (χ2n) is 4.07. The molecule has 1 unspecified atom stereocenters. The summed E-state index contributed by atoms with van der Waals surface area (Å²) in [5, 5.41) is 9.56. The van der Waals surface area contributed by atoms with Crippen molar-refractivity contribution in [2.24, 2.45) is 10.7 Å². The lowest BCUT2D eigenvalue weighted by molar-refractivity contribution is -0.0678. The molecule has 4 nitrogen and oxygen atoms in total. The minimum atomic E-state index is -1.07. The average molecular weight is 374 g/mol. The average Bonchev–Trinajstić information content (AvgIpc) is 2.40. The molecule has 1 aromatic carbocycles. The Morgan fingerprint density at radius 1 is 1.47 bits per heavy atom. The Labute approximate surface area is 127 Å². The molecule has 1 atom stereocenters. The van der Waals surface area contributed by atoms with Crippen LogP contribution < -0.4 is 5.73 Å². The van der Waals surface area contributed by atoms with Gasteiger partial charge >= 0.3 is 0 Å². The summed E-state index contributed by atoms with van der Waals surface area (Å²) in [7, 11) is 0. The third-order valence-electron chi connectivity index (χ3n) is 2.47. The van der Waals surface area contributed by atoms with Gasteiger partial charge in [-0.15, -0.1) is 0 Å². The number of allylic oxidation sites excluding steroid dienone is 1. The molecule has 0 saturated carbocycles. The van der Waals surface area contributed by atoms with Crippen molar-refractivity contribution in [1.82, 2.24) is 0 Å². The fraction of sp³-hybridized carbons (Fsp3) is 0.357. The van der Waals surface area contributed by atoms with Gasteiger partial charge in [-0.05, 0) is 42.0 Å². The normalized spacial score (nSPS) is 14.5. The van der Waals surface area contributed by atoms with E-state index in [1.165, 1.54) is 5.56 Å². The van der Waals surface area contributed by atoms with Gasteiger partial charge in [0.2, 0.25) is 0 Å². The largest absolute Gasteiger partial charge is 0.397 e. The summed E-state index contributed by atoms with van der Waals surface area (Å²) in [5.74, 6) is 0. The first-order valence-corrected chi connectivity index (χ1v) is 7.12. The van der Waals surface area contributed by atoms with Crippen LogP contribution in [-0.2, 0) is 11.3 Å². The maximum atomic E-state index is 9.56. The molecule has 3 N–H and O–H groups in total. The molecule has 5 heteroatoms. The highest BCUT2D eigenvalue weighted by Crippen LogP contribution is 2.11. The van der Waals surface area contributed by atoms with Crippen molar-refractivity contribution >= 4 is 28.8 Å². The zero-order chi connectivity index (χ0) is 14.3. The van der Waals surface area contributed by atoms with Gasteiger partial charge in [-0.2, -0.15) is 0 Å². The molecule has 19 heavy (non-hydrogen) atoms. The van der Waals surface area contributed by atoms with Crippen molar-refractivity contribution in [3.8, 4) is 0 Å². The molecule has 0 saturated heterocycles. The van der Waals surface area contributed by atoms with Crippen molar-refractivity contribution in [2.45, 2.75) is 26.7 Å². The number of hydrogen-bond donors (Lipinski definition) is 2. The van der Waals surface area contributed by atoms with Crippen molar-refractivity contribution in [3.05, 3.63) is 44.7 Å². The zero-order valence-corrected chi connectivity index (χ0v) is 13.3. The molecule has 0 bridgehead atoms. The van der Waals surface area contributed by atoms with Gasteiger partial charge in [-0.25, -0.2) is 0 Å². The SMILES string of the molecule is CCOC(O)C(N)=C(I)C=NCc1ccc(C)cc1. The van der Waals surface area contributed by atoms with E-state index in [-0.39, 0.29) is 5.70 Å². The summed E-state index contributed by atoms with van der Waals surface area (Å²) in [6.07, 6.45) is 0.584. The number of aliphatic imine (C=N–C) groups is 1. The number of halogens is 1. The second kappa shape index (κ2) is 8.29. The number of nitrogens with two attached hydrogens (primary N) is 1. The molecule has 0 heterocycles. The van der Waals surface area contributed by atoms with Gasteiger partial charge in [-0.3, -0.25) is 4.99 Å². The number of ether oxygens (including phenoxy) is 1. The van der Waals surface area contributed by atoms with E-state index in [2.05, 4.69) is 24.0 Å². The molecule has 1 aromatic rings. The predicted molar refractivity (Wildman–Crippen MR) is 86.2 cm³/mol. The van der Waals surface area contributed by atoms with E-state index in [0.29, 0.717) is 16.7 Å². The summed E-state index contributed by atoms with van der Waals surface area (Å²) >= 11 is 2.04. The molecular weight excluding hydrogens is 355 g/mol. The predicted octanol–water partition coefficient (Wildman–Crippen LogP) is 2.53. The second-order valence-corrected chi connectivity index (χ2v) is 5.23. The van der Waals surface area contributed by atoms with Gasteiger partial charge in [0.05, 0.1) is 15.8 Å². The van der Waals surface area contributed by atoms with Crippen molar-refractivity contribution in [3.63, 3.8) is 0 Å². The van der Waals surface area contributed by atoms with E-state index in [1.807, 2.05) is 34.7 Å². The van der Waals surface area contributed by atoms with Gasteiger partial charge in [0.15, 0.2) is 6.29 Å². The highest BCUT2D eigenvalue weighted by molar-refractivity contribution is 14.1. The molecule has 0 amide bonds. The molecular formula is C14H19IN2O2. The van der Waals surface area contributed by atoms with Crippen molar-refractivity contribution < 1.29 is 9.84 Å². The van der Waals surface area contributed by atoms with Crippen LogP contribution in [0.5, 0.6) is 0 Å². The molecule has 0 aliphatic carbocycles. The highest BCUT2D eigenvalue weighted by atomic mass is 127. The van der Waals surface area contributed by atoms with E-state index < -0.39 is 6.29 Å². The maximum Gasteiger partial charge on any atom is 0.196 e. The first kappa shape index (κ1) is 16.1. The molecule has 0 radical (unpaired) electrons. The third kappa shape index (κ3) is 5.71. The van der Waals surface area contributed by atoms with E-state index in [0.717, 1.165) is 5.56 Å². The van der Waals surface area contributed by atoms with Crippen LogP contribution in [0.1, 0.15) is 18.1 Å². The molecule has 1 rings (SSSR count). The monoisotopic (exact) mass is 374 g/mol. The zero-order valence-electron chi connectivity index (χ0n) is 11.1. The van der Waals surface area contributed by atoms with Crippen LogP contribution in [0.25, 0.3) is 0 Å². The van der Waals surface area contributed by atoms with E-state index in [9.17, 15) is 5.11 Å². The van der Waals surface area contributed by atoms with Crippen LogP contribution in [-0.4, -0.2) is 24.2 Å². The Bertz CT molecular complexity index is 455. The fourth-order valence-electron chi connectivity index (χ4n) is 1.36. The number of rotatable bonds is 6. The lowest BCUT2D eigenvalue weighted by atomic mass is 10.1. The number of aliphatic hydroxyl groups excluding tert-OH is 1. The Morgan fingerprint density at radius 3 is 2.68 bits per heavy atom. The fourth-order valence-corrected chi connectivity index (χ4v) is 1.83. The van der Waals surface area contributed by atoms with Crippen LogP contribution in [0.2, 0.25) is 0 Å². The number of aryl methyl sites for hydroxylation is 1. The van der Waals surface area contributed by atoms with Crippen molar-refractivity contribution in [2.75, 3.05) is 6.61 Å². The quantitative estimate of drug-likeness (QED) is 0.457. The molecule has 0 aliphatic rings. The molecule has 0 aromatic heterocycles. The van der Waals surface area contributed by atoms with Crippen LogP contribution in [0, 0.1) is 6.92 Å². The van der Waals surface area contributed by atoms with Crippen molar-refractivity contribution in [1.29, 1.82) is 0 Å². The van der Waals surface area contributed by atoms with E-state index >= 15 is 0 Å². The van der Waals surface area contributed by atoms with Gasteiger partial charge in [0, 0.05) is 12.8 Å². The first-order chi connectivity index (χ1) is 9.04. The van der Waals surface area contributed by atoms with Gasteiger partial charge in [-0.1, -0.05) is 29.8 Å². The van der Waals surface area contributed by atoms with Gasteiger partial charge < -0.3 is 15.6 Å². The smallest absolute Gasteiger partial charge is 0.196 e. The maximum absolute atomic E-state index is 9.56. The Balaban J connectivity index is 2.60. The standard InChI is InChI=1S/C14H19IN2O2/c1-3-19-14(18)13(16)12(15)9-17-8-11-6-4-10(2)5-7-11/h4-7,9,14,18H,3,8,16H2,1-2H3.